The van der Waals surface area contributed by atoms with Crippen LogP contribution in [0.1, 0.15) is 41.5 Å². The van der Waals surface area contributed by atoms with Gasteiger partial charge in [0.2, 0.25) is 0 Å². The third kappa shape index (κ3) is 31.5. The first-order valence-electron chi connectivity index (χ1n) is 8.17. The molecule has 0 bridgehead atoms. The van der Waals surface area contributed by atoms with Gasteiger partial charge in [0.25, 0.3) is 0 Å². The predicted molar refractivity (Wildman–Crippen MR) is 132 cm³/mol. The van der Waals surface area contributed by atoms with Gasteiger partial charge in [-0.3, -0.25) is 0 Å². The van der Waals surface area contributed by atoms with Crippen LogP contribution < -0.4 is 14.7 Å². The van der Waals surface area contributed by atoms with Crippen molar-refractivity contribution < 1.29 is 45.3 Å². The standard InChI is InChI=1S/3C4H11O2PS2.Fe/c3*1-3-6-7(5,8)9-4-2;/h3*3-4H2,1-2H3,(H,5,8);/q;;;+3/p-3. The summed E-state index contributed by atoms with van der Waals surface area (Å²) in [7, 11) is 0. The summed E-state index contributed by atoms with van der Waals surface area (Å²) in [5, 5.41) is 0. The van der Waals surface area contributed by atoms with Crippen molar-refractivity contribution in [2.75, 3.05) is 37.1 Å². The molecule has 173 valence electrons. The van der Waals surface area contributed by atoms with Crippen molar-refractivity contribution in [3.8, 4) is 0 Å². The van der Waals surface area contributed by atoms with E-state index >= 15 is 0 Å². The molecule has 0 amide bonds. The van der Waals surface area contributed by atoms with Gasteiger partial charge in [0.05, 0.1) is 0 Å². The Bertz CT molecular complexity index is 394. The summed E-state index contributed by atoms with van der Waals surface area (Å²) in [5.41, 5.74) is -8.08. The fourth-order valence-corrected chi connectivity index (χ4v) is 11.4. The summed E-state index contributed by atoms with van der Waals surface area (Å²) in [4.78, 5) is 32.9. The summed E-state index contributed by atoms with van der Waals surface area (Å²) in [6.07, 6.45) is 0. The molecule has 0 aliphatic carbocycles. The molecule has 0 rings (SSSR count). The fourth-order valence-electron chi connectivity index (χ4n) is 1.06. The van der Waals surface area contributed by atoms with Gasteiger partial charge in [0, 0.05) is 36.9 Å². The van der Waals surface area contributed by atoms with Crippen molar-refractivity contribution in [3.63, 3.8) is 0 Å². The maximum absolute atomic E-state index is 11.0. The fraction of sp³-hybridized carbons (Fsp3) is 1.00. The molecule has 0 saturated heterocycles. The second-order valence-corrected chi connectivity index (χ2v) is 22.9. The van der Waals surface area contributed by atoms with Gasteiger partial charge in [-0.05, 0) is 38.0 Å². The van der Waals surface area contributed by atoms with E-state index in [-0.39, 0.29) is 17.1 Å². The molecule has 3 unspecified atom stereocenters. The predicted octanol–water partition coefficient (Wildman–Crippen LogP) is 4.08. The van der Waals surface area contributed by atoms with Crippen LogP contribution in [0.15, 0.2) is 0 Å². The van der Waals surface area contributed by atoms with Crippen LogP contribution >= 0.6 is 51.2 Å². The van der Waals surface area contributed by atoms with Crippen LogP contribution in [0.5, 0.6) is 0 Å². The first-order valence-corrected chi connectivity index (χ1v) is 20.9. The van der Waals surface area contributed by atoms with E-state index in [9.17, 15) is 14.7 Å². The van der Waals surface area contributed by atoms with E-state index in [1.54, 1.807) is 20.8 Å². The van der Waals surface area contributed by atoms with Gasteiger partial charge in [-0.25, -0.2) is 0 Å². The first-order chi connectivity index (χ1) is 12.4. The third-order valence-electron chi connectivity index (χ3n) is 1.72. The molecule has 0 spiro atoms. The first kappa shape index (κ1) is 38.5. The molecule has 0 aliphatic heterocycles. The summed E-state index contributed by atoms with van der Waals surface area (Å²) < 4.78 is 14.4. The molecule has 0 fully saturated rings. The molecule has 3 atom stereocenters. The van der Waals surface area contributed by atoms with Gasteiger partial charge in [0.15, 0.2) is 0 Å². The molecule has 0 aromatic rings. The zero-order chi connectivity index (χ0) is 22.0. The second-order valence-electron chi connectivity index (χ2n) is 3.85. The Hall–Kier alpha value is 3.28. The molecule has 0 aromatic carbocycles. The maximum Gasteiger partial charge on any atom is 3.00 e. The monoisotopic (exact) mass is 611 g/mol. The van der Waals surface area contributed by atoms with Gasteiger partial charge >= 0.3 is 17.1 Å². The van der Waals surface area contributed by atoms with E-state index in [0.717, 1.165) is 17.3 Å². The molecule has 16 heteroatoms. The zero-order valence-electron chi connectivity index (χ0n) is 16.8. The largest absolute Gasteiger partial charge is 3.00 e. The summed E-state index contributed by atoms with van der Waals surface area (Å²) in [5.74, 6) is 2.25. The Labute approximate surface area is 209 Å². The number of hydrogen-bond donors (Lipinski definition) is 0. The molecule has 6 nitrogen and oxygen atoms in total. The van der Waals surface area contributed by atoms with Crippen molar-refractivity contribution in [1.29, 1.82) is 0 Å². The maximum atomic E-state index is 11.0. The minimum absolute atomic E-state index is 0. The van der Waals surface area contributed by atoms with Crippen molar-refractivity contribution in [3.05, 3.63) is 0 Å². The van der Waals surface area contributed by atoms with E-state index in [4.69, 9.17) is 13.6 Å². The van der Waals surface area contributed by atoms with Crippen LogP contribution in [0.2, 0.25) is 0 Å². The Kier molecular flexibility index (Phi) is 32.3. The smallest absolute Gasteiger partial charge is 0.793 e. The van der Waals surface area contributed by atoms with Crippen LogP contribution in [-0.4, -0.2) is 37.1 Å². The molecule has 1 radical (unpaired) electrons. The van der Waals surface area contributed by atoms with Gasteiger partial charge in [-0.1, -0.05) is 56.2 Å². The number of hydrogen-bond acceptors (Lipinski definition) is 12. The Morgan fingerprint density at radius 3 is 0.857 bits per heavy atom. The minimum atomic E-state index is -2.69. The second kappa shape index (κ2) is 23.4. The number of rotatable bonds is 12. The summed E-state index contributed by atoms with van der Waals surface area (Å²) in [6, 6.07) is 0. The SMILES string of the molecule is CCOP([O-])(=S)SCC.CCOP([O-])(=S)SCC.CCOP([O-])(=S)SCC.[Fe+3]. The summed E-state index contributed by atoms with van der Waals surface area (Å²) >= 11 is 17.5. The normalized spacial score (nSPS) is 16.6. The Morgan fingerprint density at radius 1 is 0.571 bits per heavy atom. The molecule has 28 heavy (non-hydrogen) atoms. The zero-order valence-corrected chi connectivity index (χ0v) is 25.5. The molecule has 0 aromatic heterocycles. The van der Waals surface area contributed by atoms with E-state index in [1.807, 2.05) is 20.8 Å². The molecule has 0 aliphatic rings. The van der Waals surface area contributed by atoms with Crippen molar-refractivity contribution in [2.24, 2.45) is 0 Å². The quantitative estimate of drug-likeness (QED) is 0.235. The van der Waals surface area contributed by atoms with Crippen molar-refractivity contribution in [1.82, 2.24) is 0 Å². The molecular weight excluding hydrogens is 581 g/mol. The topological polar surface area (TPSA) is 96.9 Å². The van der Waals surface area contributed by atoms with Crippen LogP contribution in [0, 0.1) is 0 Å². The molecule has 0 heterocycles. The Morgan fingerprint density at radius 2 is 0.750 bits per heavy atom. The molecule has 0 N–H and O–H groups in total. The van der Waals surface area contributed by atoms with E-state index in [0.29, 0.717) is 19.8 Å². The van der Waals surface area contributed by atoms with Crippen molar-refractivity contribution >= 4 is 86.6 Å². The van der Waals surface area contributed by atoms with Crippen LogP contribution in [0.3, 0.4) is 0 Å². The Balaban J connectivity index is -0.000000152. The molecule has 0 saturated carbocycles. The van der Waals surface area contributed by atoms with Gasteiger partial charge < -0.3 is 28.3 Å². The molecular formula is C12H30FeO6P3S6. The average molecular weight is 612 g/mol. The summed E-state index contributed by atoms with van der Waals surface area (Å²) in [6.45, 7) is 12.4. The van der Waals surface area contributed by atoms with Gasteiger partial charge in [-0.15, -0.1) is 34.1 Å². The van der Waals surface area contributed by atoms with Gasteiger partial charge in [-0.2, -0.15) is 0 Å². The third-order valence-corrected chi connectivity index (χ3v) is 15.1. The minimum Gasteiger partial charge on any atom is -0.793 e. The van der Waals surface area contributed by atoms with E-state index in [1.165, 1.54) is 34.1 Å². The van der Waals surface area contributed by atoms with Crippen LogP contribution in [-0.2, 0) is 66.1 Å². The van der Waals surface area contributed by atoms with Crippen molar-refractivity contribution in [2.45, 2.75) is 41.5 Å². The van der Waals surface area contributed by atoms with Crippen LogP contribution in [0.25, 0.3) is 0 Å². The van der Waals surface area contributed by atoms with Crippen LogP contribution in [0.4, 0.5) is 0 Å². The van der Waals surface area contributed by atoms with Gasteiger partial charge in [0.1, 0.15) is 0 Å². The average Bonchev–Trinajstić information content (AvgIpc) is 2.47. The van der Waals surface area contributed by atoms with E-state index in [2.05, 4.69) is 35.4 Å². The van der Waals surface area contributed by atoms with E-state index < -0.39 is 17.1 Å².